The Morgan fingerprint density at radius 2 is 2.07 bits per heavy atom. The summed E-state index contributed by atoms with van der Waals surface area (Å²) in [5.41, 5.74) is 5.43. The number of alkyl halides is 3. The van der Waals surface area contributed by atoms with Crippen molar-refractivity contribution >= 4 is 10.2 Å². The smallest absolute Gasteiger partial charge is 0.315 e. The molecule has 90 valence electrons. The molecule has 0 bridgehead atoms. The second-order valence-corrected chi connectivity index (χ2v) is 4.97. The van der Waals surface area contributed by atoms with Crippen molar-refractivity contribution in [1.82, 2.24) is 9.03 Å². The molecule has 9 heteroatoms. The van der Waals surface area contributed by atoms with E-state index < -0.39 is 29.1 Å². The topological polar surface area (TPSA) is 75.4 Å². The monoisotopic (exact) mass is 247 g/mol. The predicted octanol–water partition coefficient (Wildman–Crippen LogP) is -0.236. The van der Waals surface area contributed by atoms with Crippen LogP contribution < -0.4 is 10.5 Å². The summed E-state index contributed by atoms with van der Waals surface area (Å²) in [5.74, 6) is 0. The maximum Gasteiger partial charge on any atom is 0.402 e. The van der Waals surface area contributed by atoms with E-state index in [2.05, 4.69) is 0 Å². The van der Waals surface area contributed by atoms with E-state index in [1.807, 2.05) is 0 Å². The van der Waals surface area contributed by atoms with E-state index >= 15 is 0 Å². The van der Waals surface area contributed by atoms with Crippen molar-refractivity contribution < 1.29 is 21.6 Å². The molecular formula is C6H12F3N3O2S. The molecule has 0 aromatic heterocycles. The van der Waals surface area contributed by atoms with Crippen LogP contribution in [0, 0.1) is 0 Å². The zero-order valence-corrected chi connectivity index (χ0v) is 8.61. The molecule has 15 heavy (non-hydrogen) atoms. The summed E-state index contributed by atoms with van der Waals surface area (Å²) in [5, 5.41) is 0. The van der Waals surface area contributed by atoms with Crippen LogP contribution in [0.1, 0.15) is 12.8 Å². The van der Waals surface area contributed by atoms with Crippen molar-refractivity contribution in [3.05, 3.63) is 0 Å². The van der Waals surface area contributed by atoms with Crippen molar-refractivity contribution in [3.8, 4) is 0 Å². The molecule has 5 nitrogen and oxygen atoms in total. The quantitative estimate of drug-likeness (QED) is 0.723. The van der Waals surface area contributed by atoms with Gasteiger partial charge in [0.15, 0.2) is 0 Å². The maximum absolute atomic E-state index is 11.8. The van der Waals surface area contributed by atoms with Gasteiger partial charge in [-0.25, -0.2) is 0 Å². The highest BCUT2D eigenvalue weighted by Crippen LogP contribution is 2.18. The third kappa shape index (κ3) is 3.59. The predicted molar refractivity (Wildman–Crippen MR) is 46.9 cm³/mol. The molecule has 0 amide bonds. The number of hydrogen-bond acceptors (Lipinski definition) is 3. The maximum atomic E-state index is 11.8. The van der Waals surface area contributed by atoms with Crippen molar-refractivity contribution in [2.45, 2.75) is 25.2 Å². The van der Waals surface area contributed by atoms with Gasteiger partial charge in [0, 0.05) is 6.54 Å². The highest BCUT2D eigenvalue weighted by atomic mass is 32.2. The van der Waals surface area contributed by atoms with Gasteiger partial charge >= 0.3 is 6.18 Å². The van der Waals surface area contributed by atoms with Gasteiger partial charge in [0.05, 0.1) is 6.17 Å². The van der Waals surface area contributed by atoms with Crippen LogP contribution in [0.15, 0.2) is 0 Å². The fourth-order valence-electron chi connectivity index (χ4n) is 1.32. The molecule has 1 aliphatic heterocycles. The van der Waals surface area contributed by atoms with Gasteiger partial charge in [-0.1, -0.05) is 0 Å². The Hall–Kier alpha value is -0.380. The van der Waals surface area contributed by atoms with E-state index in [1.165, 1.54) is 4.72 Å². The second-order valence-electron chi connectivity index (χ2n) is 3.26. The number of nitrogens with one attached hydrogen (secondary N) is 1. The molecule has 0 spiro atoms. The lowest BCUT2D eigenvalue weighted by atomic mass is 10.3. The van der Waals surface area contributed by atoms with Crippen molar-refractivity contribution in [3.63, 3.8) is 0 Å². The summed E-state index contributed by atoms with van der Waals surface area (Å²) in [7, 11) is -4.10. The molecule has 1 heterocycles. The second kappa shape index (κ2) is 4.24. The number of hydrogen-bond donors (Lipinski definition) is 2. The Bertz CT molecular complexity index is 316. The van der Waals surface area contributed by atoms with Crippen LogP contribution in [0.25, 0.3) is 0 Å². The van der Waals surface area contributed by atoms with E-state index in [9.17, 15) is 21.6 Å². The van der Waals surface area contributed by atoms with Gasteiger partial charge in [-0.2, -0.15) is 30.6 Å². The summed E-state index contributed by atoms with van der Waals surface area (Å²) >= 11 is 0. The zero-order chi connectivity index (χ0) is 11.7. The molecule has 0 aromatic carbocycles. The fraction of sp³-hybridized carbons (Fsp3) is 1.00. The van der Waals surface area contributed by atoms with Crippen LogP contribution in [0.2, 0.25) is 0 Å². The Morgan fingerprint density at radius 1 is 1.47 bits per heavy atom. The fourth-order valence-corrected chi connectivity index (χ4v) is 2.66. The summed E-state index contributed by atoms with van der Waals surface area (Å²) < 4.78 is 60.3. The molecule has 1 unspecified atom stereocenters. The highest BCUT2D eigenvalue weighted by Gasteiger charge is 2.35. The Kier molecular flexibility index (Phi) is 3.59. The molecule has 1 aliphatic rings. The minimum absolute atomic E-state index is 0.161. The van der Waals surface area contributed by atoms with Gasteiger partial charge in [0.1, 0.15) is 6.54 Å². The van der Waals surface area contributed by atoms with Crippen LogP contribution in [-0.4, -0.2) is 38.2 Å². The molecular weight excluding hydrogens is 235 g/mol. The summed E-state index contributed by atoms with van der Waals surface area (Å²) in [6.45, 7) is -1.41. The number of nitrogens with zero attached hydrogens (tertiary/aromatic N) is 1. The summed E-state index contributed by atoms with van der Waals surface area (Å²) in [6, 6.07) is 0. The Balaban J connectivity index is 2.59. The van der Waals surface area contributed by atoms with E-state index in [0.717, 1.165) is 4.31 Å². The van der Waals surface area contributed by atoms with Crippen LogP contribution in [-0.2, 0) is 10.2 Å². The number of nitrogens with two attached hydrogens (primary N) is 1. The Labute approximate surface area is 85.6 Å². The highest BCUT2D eigenvalue weighted by molar-refractivity contribution is 7.87. The first-order valence-corrected chi connectivity index (χ1v) is 5.75. The van der Waals surface area contributed by atoms with Gasteiger partial charge in [-0.15, -0.1) is 0 Å². The molecule has 1 atom stereocenters. The normalized spacial score (nSPS) is 24.7. The molecule has 1 saturated heterocycles. The summed E-state index contributed by atoms with van der Waals surface area (Å²) in [6.07, 6.45) is -4.26. The average Bonchev–Trinajstić information content (AvgIpc) is 2.47. The molecule has 1 rings (SSSR count). The van der Waals surface area contributed by atoms with E-state index in [4.69, 9.17) is 5.73 Å². The van der Waals surface area contributed by atoms with Crippen LogP contribution in [0.3, 0.4) is 0 Å². The minimum atomic E-state index is -4.56. The first-order valence-electron chi connectivity index (χ1n) is 4.31. The zero-order valence-electron chi connectivity index (χ0n) is 7.79. The van der Waals surface area contributed by atoms with Crippen LogP contribution >= 0.6 is 0 Å². The standard InChI is InChI=1S/C6H12F3N3O2S/c7-6(8,9)4-11-15(13,14)12-3-1-2-5(12)10/h5,11H,1-4,10H2. The van der Waals surface area contributed by atoms with Crippen molar-refractivity contribution in [2.75, 3.05) is 13.1 Å². The van der Waals surface area contributed by atoms with Crippen molar-refractivity contribution in [1.29, 1.82) is 0 Å². The van der Waals surface area contributed by atoms with Gasteiger partial charge < -0.3 is 5.73 Å². The van der Waals surface area contributed by atoms with E-state index in [0.29, 0.717) is 12.8 Å². The van der Waals surface area contributed by atoms with Crippen LogP contribution in [0.4, 0.5) is 13.2 Å². The van der Waals surface area contributed by atoms with Crippen molar-refractivity contribution in [2.24, 2.45) is 5.73 Å². The molecule has 3 N–H and O–H groups in total. The van der Waals surface area contributed by atoms with Crippen LogP contribution in [0.5, 0.6) is 0 Å². The lowest BCUT2D eigenvalue weighted by Crippen LogP contribution is -2.48. The number of rotatable bonds is 3. The average molecular weight is 247 g/mol. The van der Waals surface area contributed by atoms with Gasteiger partial charge in [-0.05, 0) is 12.8 Å². The molecule has 0 aromatic rings. The SMILES string of the molecule is NC1CCCN1S(=O)(=O)NCC(F)(F)F. The molecule has 0 saturated carbocycles. The third-order valence-electron chi connectivity index (χ3n) is 2.01. The van der Waals surface area contributed by atoms with Gasteiger partial charge in [0.2, 0.25) is 0 Å². The molecule has 0 aliphatic carbocycles. The van der Waals surface area contributed by atoms with E-state index in [-0.39, 0.29) is 6.54 Å². The summed E-state index contributed by atoms with van der Waals surface area (Å²) in [4.78, 5) is 0. The lowest BCUT2D eigenvalue weighted by molar-refractivity contribution is -0.121. The van der Waals surface area contributed by atoms with Gasteiger partial charge in [0.25, 0.3) is 10.2 Å². The minimum Gasteiger partial charge on any atom is -0.315 e. The largest absolute Gasteiger partial charge is 0.402 e. The number of halogens is 3. The Morgan fingerprint density at radius 3 is 2.47 bits per heavy atom. The van der Waals surface area contributed by atoms with E-state index in [1.54, 1.807) is 0 Å². The molecule has 0 radical (unpaired) electrons. The third-order valence-corrected chi connectivity index (χ3v) is 3.59. The first kappa shape index (κ1) is 12.7. The molecule has 1 fully saturated rings. The lowest BCUT2D eigenvalue weighted by Gasteiger charge is -2.21. The van der Waals surface area contributed by atoms with Gasteiger partial charge in [-0.3, -0.25) is 0 Å². The first-order chi connectivity index (χ1) is 6.72.